The molecule has 3 heterocycles. The molecule has 0 spiro atoms. The number of rotatable bonds is 7. The van der Waals surface area contributed by atoms with E-state index in [0.717, 1.165) is 34.6 Å². The summed E-state index contributed by atoms with van der Waals surface area (Å²) in [7, 11) is -1.97. The van der Waals surface area contributed by atoms with E-state index in [0.29, 0.717) is 16.5 Å². The van der Waals surface area contributed by atoms with Crippen LogP contribution in [-0.2, 0) is 10.0 Å². The third-order valence-electron chi connectivity index (χ3n) is 6.32. The van der Waals surface area contributed by atoms with Crippen molar-refractivity contribution in [1.29, 1.82) is 0 Å². The Kier molecular flexibility index (Phi) is 6.61. The molecule has 0 amide bonds. The lowest BCUT2D eigenvalue weighted by Gasteiger charge is -2.29. The minimum absolute atomic E-state index is 0.230. The van der Waals surface area contributed by atoms with Crippen LogP contribution in [0.25, 0.3) is 5.69 Å². The van der Waals surface area contributed by atoms with Gasteiger partial charge in [0.1, 0.15) is 11.8 Å². The highest BCUT2D eigenvalue weighted by atomic mass is 32.2. The van der Waals surface area contributed by atoms with Crippen LogP contribution < -0.4 is 19.7 Å². The average Bonchev–Trinajstić information content (AvgIpc) is 3.48. The van der Waals surface area contributed by atoms with Gasteiger partial charge in [-0.25, -0.2) is 8.42 Å². The minimum Gasteiger partial charge on any atom is -0.494 e. The predicted molar refractivity (Wildman–Crippen MR) is 150 cm³/mol. The zero-order valence-electron chi connectivity index (χ0n) is 20.6. The number of thiocarbonyl (C=S) groups is 1. The molecule has 1 aliphatic heterocycles. The van der Waals surface area contributed by atoms with E-state index in [-0.39, 0.29) is 12.1 Å². The van der Waals surface area contributed by atoms with E-state index in [4.69, 9.17) is 17.0 Å². The molecule has 1 fully saturated rings. The predicted octanol–water partition coefficient (Wildman–Crippen LogP) is 4.74. The zero-order chi connectivity index (χ0) is 26.2. The third kappa shape index (κ3) is 4.90. The Balaban J connectivity index is 1.66. The summed E-state index contributed by atoms with van der Waals surface area (Å²) < 4.78 is 33.9. The topological polar surface area (TPSA) is 88.5 Å². The smallest absolute Gasteiger partial charge is 0.229 e. The number of para-hydroxylation sites is 1. The molecule has 0 saturated carbocycles. The fourth-order valence-corrected chi connectivity index (χ4v) is 5.65. The molecule has 1 aliphatic rings. The van der Waals surface area contributed by atoms with Gasteiger partial charge in [-0.15, -0.1) is 0 Å². The number of ether oxygens (including phenoxy) is 1. The maximum atomic E-state index is 11.9. The first-order chi connectivity index (χ1) is 17.8. The lowest BCUT2D eigenvalue weighted by atomic mass is 10.0. The fraction of sp³-hybridized carbons (Fsp3) is 0.185. The number of pyridine rings is 1. The molecule has 5 rings (SSSR count). The number of methoxy groups -OCH3 is 1. The van der Waals surface area contributed by atoms with Crippen molar-refractivity contribution in [2.45, 2.75) is 19.0 Å². The van der Waals surface area contributed by atoms with Crippen molar-refractivity contribution in [3.63, 3.8) is 0 Å². The van der Waals surface area contributed by atoms with Crippen molar-refractivity contribution >= 4 is 38.7 Å². The molecule has 2 unspecified atom stereocenters. The van der Waals surface area contributed by atoms with E-state index in [1.165, 1.54) is 7.11 Å². The van der Waals surface area contributed by atoms with Crippen molar-refractivity contribution in [2.75, 3.05) is 23.0 Å². The number of hydrogen-bond donors (Lipinski definition) is 2. The van der Waals surface area contributed by atoms with Crippen molar-refractivity contribution in [3.05, 3.63) is 102 Å². The molecular formula is C27H27N5O3S2. The summed E-state index contributed by atoms with van der Waals surface area (Å²) in [6, 6.07) is 23.0. The first-order valence-electron chi connectivity index (χ1n) is 11.7. The normalized spacial score (nSPS) is 17.5. The second-order valence-electron chi connectivity index (χ2n) is 8.84. The SMILES string of the molecule is COc1cc(N2C(=S)NC(c3ccccn3)C2c2cccn2-c2ccccc2C)ccc1NS(C)(=O)=O. The van der Waals surface area contributed by atoms with Gasteiger partial charge >= 0.3 is 0 Å². The van der Waals surface area contributed by atoms with Gasteiger partial charge in [0, 0.05) is 35.5 Å². The zero-order valence-corrected chi connectivity index (χ0v) is 22.3. The van der Waals surface area contributed by atoms with Gasteiger partial charge in [0.15, 0.2) is 5.11 Å². The number of hydrogen-bond acceptors (Lipinski definition) is 5. The molecular weight excluding hydrogens is 506 g/mol. The van der Waals surface area contributed by atoms with Crippen LogP contribution in [-0.4, -0.2) is 36.4 Å². The molecule has 10 heteroatoms. The molecule has 190 valence electrons. The van der Waals surface area contributed by atoms with E-state index >= 15 is 0 Å². The number of benzene rings is 2. The third-order valence-corrected chi connectivity index (χ3v) is 7.22. The van der Waals surface area contributed by atoms with Gasteiger partial charge in [0.2, 0.25) is 10.0 Å². The van der Waals surface area contributed by atoms with Crippen molar-refractivity contribution in [2.24, 2.45) is 0 Å². The first-order valence-corrected chi connectivity index (χ1v) is 14.0. The van der Waals surface area contributed by atoms with Crippen molar-refractivity contribution in [3.8, 4) is 11.4 Å². The number of sulfonamides is 1. The second kappa shape index (κ2) is 9.87. The van der Waals surface area contributed by atoms with Crippen LogP contribution in [0.3, 0.4) is 0 Å². The number of aryl methyl sites for hydroxylation is 1. The highest BCUT2D eigenvalue weighted by Gasteiger charge is 2.42. The van der Waals surface area contributed by atoms with Gasteiger partial charge in [-0.2, -0.15) is 0 Å². The molecule has 37 heavy (non-hydrogen) atoms. The molecule has 1 saturated heterocycles. The van der Waals surface area contributed by atoms with Gasteiger partial charge in [0.25, 0.3) is 0 Å². The van der Waals surface area contributed by atoms with Gasteiger partial charge in [-0.1, -0.05) is 24.3 Å². The number of nitrogens with one attached hydrogen (secondary N) is 2. The Morgan fingerprint density at radius 3 is 2.54 bits per heavy atom. The average molecular weight is 534 g/mol. The van der Waals surface area contributed by atoms with E-state index < -0.39 is 10.0 Å². The fourth-order valence-electron chi connectivity index (χ4n) is 4.74. The Hall–Kier alpha value is -3.89. The molecule has 0 aliphatic carbocycles. The number of aromatic nitrogens is 2. The van der Waals surface area contributed by atoms with Crippen molar-refractivity contribution in [1.82, 2.24) is 14.9 Å². The van der Waals surface area contributed by atoms with Crippen LogP contribution in [0.5, 0.6) is 5.75 Å². The molecule has 4 aromatic rings. The molecule has 0 bridgehead atoms. The van der Waals surface area contributed by atoms with E-state index in [9.17, 15) is 8.42 Å². The lowest BCUT2D eigenvalue weighted by molar-refractivity contribution is 0.417. The standard InChI is InChI=1S/C27H27N5O3S2/c1-18-9-4-5-11-22(18)31-16-8-12-23(31)26-25(21-10-6-7-15-28-21)29-27(36)32(26)19-13-14-20(24(17-19)35-2)30-37(3,33)34/h4-17,25-26,30H,1-3H3,(H,29,36). The number of anilines is 2. The lowest BCUT2D eigenvalue weighted by Crippen LogP contribution is -2.30. The van der Waals surface area contributed by atoms with Crippen LogP contribution in [0.15, 0.2) is 85.2 Å². The largest absolute Gasteiger partial charge is 0.494 e. The first kappa shape index (κ1) is 24.8. The van der Waals surface area contributed by atoms with E-state index in [2.05, 4.69) is 44.7 Å². The Labute approximate surface area is 222 Å². The molecule has 0 radical (unpaired) electrons. The summed E-state index contributed by atoms with van der Waals surface area (Å²) in [6.45, 7) is 2.09. The molecule has 2 N–H and O–H groups in total. The van der Waals surface area contributed by atoms with Crippen molar-refractivity contribution < 1.29 is 13.2 Å². The summed E-state index contributed by atoms with van der Waals surface area (Å²) in [5.74, 6) is 0.389. The molecule has 8 nitrogen and oxygen atoms in total. The quantitative estimate of drug-likeness (QED) is 0.332. The molecule has 2 aromatic carbocycles. The van der Waals surface area contributed by atoms with Crippen LogP contribution in [0.1, 0.15) is 29.0 Å². The van der Waals surface area contributed by atoms with E-state index in [1.807, 2.05) is 53.6 Å². The summed E-state index contributed by atoms with van der Waals surface area (Å²) in [5, 5.41) is 4.00. The number of nitrogens with zero attached hydrogens (tertiary/aromatic N) is 3. The van der Waals surface area contributed by atoms with Gasteiger partial charge in [-0.05, 0) is 67.2 Å². The van der Waals surface area contributed by atoms with Crippen LogP contribution in [0.2, 0.25) is 0 Å². The highest BCUT2D eigenvalue weighted by molar-refractivity contribution is 7.92. The van der Waals surface area contributed by atoms with Gasteiger partial charge < -0.3 is 19.5 Å². The maximum Gasteiger partial charge on any atom is 0.229 e. The molecule has 2 aromatic heterocycles. The Morgan fingerprint density at radius 2 is 1.84 bits per heavy atom. The van der Waals surface area contributed by atoms with Gasteiger partial charge in [0.05, 0.1) is 30.8 Å². The second-order valence-corrected chi connectivity index (χ2v) is 11.0. The maximum absolute atomic E-state index is 11.9. The molecule has 2 atom stereocenters. The Morgan fingerprint density at radius 1 is 1.05 bits per heavy atom. The van der Waals surface area contributed by atoms with Gasteiger partial charge in [-0.3, -0.25) is 9.71 Å². The monoisotopic (exact) mass is 533 g/mol. The van der Waals surface area contributed by atoms with Crippen LogP contribution in [0, 0.1) is 6.92 Å². The highest BCUT2D eigenvalue weighted by Crippen LogP contribution is 2.44. The van der Waals surface area contributed by atoms with Crippen LogP contribution >= 0.6 is 12.2 Å². The van der Waals surface area contributed by atoms with E-state index in [1.54, 1.807) is 18.3 Å². The summed E-state index contributed by atoms with van der Waals surface area (Å²) in [5.41, 5.74) is 5.21. The minimum atomic E-state index is -3.48. The van der Waals surface area contributed by atoms with Crippen LogP contribution in [0.4, 0.5) is 11.4 Å². The summed E-state index contributed by atoms with van der Waals surface area (Å²) in [4.78, 5) is 6.67. The summed E-state index contributed by atoms with van der Waals surface area (Å²) in [6.07, 6.45) is 4.92. The summed E-state index contributed by atoms with van der Waals surface area (Å²) >= 11 is 5.86. The Bertz CT molecular complexity index is 1550.